The quantitative estimate of drug-likeness (QED) is 0.255. The zero-order valence-electron chi connectivity index (χ0n) is 12.5. The Bertz CT molecular complexity index is 313. The van der Waals surface area contributed by atoms with Crippen LogP contribution in [-0.2, 0) is 14.4 Å². The highest BCUT2D eigenvalue weighted by molar-refractivity contribution is 5.68. The van der Waals surface area contributed by atoms with Crippen LogP contribution in [0.4, 0.5) is 0 Å². The average Bonchev–Trinajstić information content (AvgIpc) is 2.43. The maximum absolute atomic E-state index is 9.90. The van der Waals surface area contributed by atoms with E-state index in [1.807, 2.05) is 0 Å². The minimum atomic E-state index is -1.79. The van der Waals surface area contributed by atoms with Gasteiger partial charge >= 0.3 is 5.97 Å². The lowest BCUT2D eigenvalue weighted by Gasteiger charge is -2.22. The van der Waals surface area contributed by atoms with Crippen molar-refractivity contribution in [2.45, 2.75) is 45.2 Å². The first-order valence-electron chi connectivity index (χ1n) is 6.13. The third-order valence-corrected chi connectivity index (χ3v) is 1.91. The lowest BCUT2D eigenvalue weighted by atomic mass is 10.0. The van der Waals surface area contributed by atoms with Crippen molar-refractivity contribution in [2.75, 3.05) is 6.61 Å². The number of carbonyl (C=O) groups excluding carboxylic acids is 1. The number of carboxylic acid groups (broad SMARTS) is 2. The second-order valence-corrected chi connectivity index (χ2v) is 4.37. The van der Waals surface area contributed by atoms with Gasteiger partial charge in [-0.25, -0.2) is 0 Å². The molecule has 7 N–H and O–H groups in total. The lowest BCUT2D eigenvalue weighted by Crippen LogP contribution is -2.46. The second-order valence-electron chi connectivity index (χ2n) is 4.37. The largest absolute Gasteiger partial charge is 0.481 e. The van der Waals surface area contributed by atoms with Crippen LogP contribution in [0.15, 0.2) is 0 Å². The smallest absolute Gasteiger partial charge is 0.305 e. The minimum Gasteiger partial charge on any atom is -0.481 e. The number of aliphatic hydroxyl groups excluding tert-OH is 5. The predicted molar refractivity (Wildman–Crippen MR) is 73.0 cm³/mol. The molecule has 0 amide bonds. The highest BCUT2D eigenvalue weighted by Crippen LogP contribution is 2.02. The Kier molecular flexibility index (Phi) is 16.5. The molecule has 0 rings (SSSR count). The number of carbonyl (C=O) groups is 3. The number of aldehydes is 1. The molecule has 4 atom stereocenters. The van der Waals surface area contributed by atoms with Crippen molar-refractivity contribution < 1.29 is 50.1 Å². The fraction of sp³-hybridized carbons (Fsp3) is 0.750. The molecular weight excluding hydrogens is 304 g/mol. The van der Waals surface area contributed by atoms with E-state index in [1.54, 1.807) is 13.8 Å². The molecule has 132 valence electrons. The van der Waals surface area contributed by atoms with Gasteiger partial charge in [0.15, 0.2) is 6.29 Å². The van der Waals surface area contributed by atoms with Crippen molar-refractivity contribution in [3.05, 3.63) is 0 Å². The third kappa shape index (κ3) is 16.5. The van der Waals surface area contributed by atoms with Crippen molar-refractivity contribution in [3.63, 3.8) is 0 Å². The van der Waals surface area contributed by atoms with Crippen LogP contribution in [0.5, 0.6) is 0 Å². The van der Waals surface area contributed by atoms with Gasteiger partial charge in [0.2, 0.25) is 0 Å². The Balaban J connectivity index is -0.000000300. The van der Waals surface area contributed by atoms with Crippen molar-refractivity contribution >= 4 is 18.2 Å². The summed E-state index contributed by atoms with van der Waals surface area (Å²) >= 11 is 0. The number of rotatable bonds is 6. The molecule has 0 heterocycles. The SMILES string of the molecule is CC(=O)O.CC(C)C(=O)O.O=CC(O)C(O)C(O)C(O)CO. The molecule has 0 aromatic heterocycles. The highest BCUT2D eigenvalue weighted by Gasteiger charge is 2.29. The Hall–Kier alpha value is -1.59. The maximum atomic E-state index is 9.90. The van der Waals surface area contributed by atoms with Gasteiger partial charge in [-0.05, 0) is 0 Å². The second kappa shape index (κ2) is 14.4. The first-order chi connectivity index (χ1) is 9.91. The summed E-state index contributed by atoms with van der Waals surface area (Å²) < 4.78 is 0. The van der Waals surface area contributed by atoms with E-state index in [-0.39, 0.29) is 12.2 Å². The van der Waals surface area contributed by atoms with Crippen LogP contribution in [0.25, 0.3) is 0 Å². The van der Waals surface area contributed by atoms with E-state index in [1.165, 1.54) is 0 Å². The predicted octanol–water partition coefficient (Wildman–Crippen LogP) is -2.56. The Morgan fingerprint density at radius 2 is 1.32 bits per heavy atom. The topological polar surface area (TPSA) is 193 Å². The molecule has 0 aliphatic carbocycles. The summed E-state index contributed by atoms with van der Waals surface area (Å²) in [6.45, 7) is 3.61. The van der Waals surface area contributed by atoms with Crippen LogP contribution in [0.1, 0.15) is 20.8 Å². The van der Waals surface area contributed by atoms with Crippen molar-refractivity contribution in [1.29, 1.82) is 0 Å². The van der Waals surface area contributed by atoms with E-state index in [2.05, 4.69) is 0 Å². The van der Waals surface area contributed by atoms with Gasteiger partial charge in [0.1, 0.15) is 24.4 Å². The fourth-order valence-electron chi connectivity index (χ4n) is 0.618. The van der Waals surface area contributed by atoms with E-state index in [0.717, 1.165) is 6.92 Å². The van der Waals surface area contributed by atoms with Crippen LogP contribution in [0, 0.1) is 5.92 Å². The van der Waals surface area contributed by atoms with Crippen LogP contribution in [-0.4, -0.2) is 85.0 Å². The third-order valence-electron chi connectivity index (χ3n) is 1.91. The molecule has 0 aliphatic heterocycles. The molecule has 0 radical (unpaired) electrons. The standard InChI is InChI=1S/C6H12O6.C4H8O2.C2H4O2/c7-1-3(9)5(11)6(12)4(10)2-8;1-3(2)4(5)6;1-2(3)4/h1,3-6,8-12H,2H2;3H,1-2H3,(H,5,6);1H3,(H,3,4). The van der Waals surface area contributed by atoms with Crippen LogP contribution >= 0.6 is 0 Å². The van der Waals surface area contributed by atoms with Crippen LogP contribution in [0.2, 0.25) is 0 Å². The van der Waals surface area contributed by atoms with Gasteiger partial charge in [0, 0.05) is 6.92 Å². The van der Waals surface area contributed by atoms with Crippen molar-refractivity contribution in [2.24, 2.45) is 5.92 Å². The molecule has 0 fully saturated rings. The summed E-state index contributed by atoms with van der Waals surface area (Å²) in [6.07, 6.45) is -6.84. The molecule has 0 spiro atoms. The summed E-state index contributed by atoms with van der Waals surface area (Å²) in [7, 11) is 0. The first-order valence-corrected chi connectivity index (χ1v) is 6.13. The molecule has 10 heteroatoms. The van der Waals surface area contributed by atoms with Gasteiger partial charge < -0.3 is 40.5 Å². The van der Waals surface area contributed by atoms with Crippen molar-refractivity contribution in [1.82, 2.24) is 0 Å². The van der Waals surface area contributed by atoms with Crippen LogP contribution in [0.3, 0.4) is 0 Å². The molecular formula is C12H24O10. The van der Waals surface area contributed by atoms with Gasteiger partial charge in [-0.15, -0.1) is 0 Å². The monoisotopic (exact) mass is 328 g/mol. The number of carboxylic acids is 2. The molecule has 10 nitrogen and oxygen atoms in total. The van der Waals surface area contributed by atoms with Crippen molar-refractivity contribution in [3.8, 4) is 0 Å². The summed E-state index contributed by atoms with van der Waals surface area (Å²) in [5.41, 5.74) is 0. The molecule has 0 aliphatic rings. The zero-order valence-corrected chi connectivity index (χ0v) is 12.5. The zero-order chi connectivity index (χ0) is 18.5. The summed E-state index contributed by atoms with van der Waals surface area (Å²) in [5.74, 6) is -1.81. The summed E-state index contributed by atoms with van der Waals surface area (Å²) in [6, 6.07) is 0. The molecule has 0 saturated carbocycles. The lowest BCUT2D eigenvalue weighted by molar-refractivity contribution is -0.140. The number of hydrogen-bond donors (Lipinski definition) is 7. The molecule has 22 heavy (non-hydrogen) atoms. The Labute approximate surface area is 127 Å². The highest BCUT2D eigenvalue weighted by atomic mass is 16.4. The number of hydrogen-bond acceptors (Lipinski definition) is 8. The van der Waals surface area contributed by atoms with Crippen LogP contribution < -0.4 is 0 Å². The molecule has 0 aromatic carbocycles. The minimum absolute atomic E-state index is 0.0258. The molecule has 0 aromatic rings. The molecule has 0 saturated heterocycles. The molecule has 0 bridgehead atoms. The summed E-state index contributed by atoms with van der Waals surface area (Å²) in [5, 5.41) is 58.9. The molecule has 4 unspecified atom stereocenters. The normalized spacial score (nSPS) is 15.1. The maximum Gasteiger partial charge on any atom is 0.305 e. The number of aliphatic hydroxyl groups is 5. The van der Waals surface area contributed by atoms with Gasteiger partial charge in [0.25, 0.3) is 5.97 Å². The average molecular weight is 328 g/mol. The van der Waals surface area contributed by atoms with E-state index >= 15 is 0 Å². The van der Waals surface area contributed by atoms with Gasteiger partial charge in [-0.1, -0.05) is 13.8 Å². The van der Waals surface area contributed by atoms with E-state index in [0.29, 0.717) is 0 Å². The van der Waals surface area contributed by atoms with Gasteiger partial charge in [-0.2, -0.15) is 0 Å². The fourth-order valence-corrected chi connectivity index (χ4v) is 0.618. The Morgan fingerprint density at radius 1 is 1.00 bits per heavy atom. The number of aliphatic carboxylic acids is 2. The van der Waals surface area contributed by atoms with E-state index in [4.69, 9.17) is 40.5 Å². The summed E-state index contributed by atoms with van der Waals surface area (Å²) in [4.78, 5) is 28.6. The van der Waals surface area contributed by atoms with Gasteiger partial charge in [0.05, 0.1) is 12.5 Å². The van der Waals surface area contributed by atoms with E-state index in [9.17, 15) is 9.59 Å². The first kappa shape index (κ1) is 25.4. The van der Waals surface area contributed by atoms with E-state index < -0.39 is 43.0 Å². The Morgan fingerprint density at radius 3 is 1.50 bits per heavy atom. The van der Waals surface area contributed by atoms with Gasteiger partial charge in [-0.3, -0.25) is 9.59 Å².